The van der Waals surface area contributed by atoms with Gasteiger partial charge in [0.05, 0.1) is 0 Å². The van der Waals surface area contributed by atoms with Crippen LogP contribution in [0.5, 0.6) is 0 Å². The van der Waals surface area contributed by atoms with Crippen molar-refractivity contribution in [2.45, 2.75) is 0 Å². The number of rotatable bonds is 2. The van der Waals surface area contributed by atoms with Gasteiger partial charge in [0.1, 0.15) is 0 Å². The van der Waals surface area contributed by atoms with Crippen molar-refractivity contribution in [3.05, 3.63) is 167 Å². The molecule has 0 radical (unpaired) electrons. The zero-order chi connectivity index (χ0) is 27.3. The van der Waals surface area contributed by atoms with Gasteiger partial charge in [-0.05, 0) is 58.3 Å². The summed E-state index contributed by atoms with van der Waals surface area (Å²) in [6, 6.07) is 41.4. The first kappa shape index (κ1) is 24.9. The summed E-state index contributed by atoms with van der Waals surface area (Å²) >= 11 is 0. The van der Waals surface area contributed by atoms with Gasteiger partial charge in [-0.3, -0.25) is 0 Å². The maximum Gasteiger partial charge on any atom is 0.159 e. The van der Waals surface area contributed by atoms with Crippen molar-refractivity contribution >= 4 is 10.8 Å². The third kappa shape index (κ3) is 5.00. The lowest BCUT2D eigenvalue weighted by Crippen LogP contribution is -2.00. The third-order valence-electron chi connectivity index (χ3n) is 6.69. The van der Waals surface area contributed by atoms with Crippen LogP contribution in [0.1, 0.15) is 22.3 Å². The Morgan fingerprint density at radius 2 is 0.700 bits per heavy atom. The second-order valence-electron chi connectivity index (χ2n) is 9.28. The predicted octanol–water partition coefficient (Wildman–Crippen LogP) is 9.25. The Bertz CT molecular complexity index is 1790. The fourth-order valence-electron chi connectivity index (χ4n) is 4.85. The molecule has 40 heavy (non-hydrogen) atoms. The standard InChI is InChI=1S/C38H22F2/c39-35-25-33-34(26-36(35)40)38(30-19-11-4-12-20-30)32(24-22-28-15-7-2-8-16-28)31(23-21-27-13-5-1-6-14-27)37(33)29-17-9-3-10-18-29/h1-20,25-26H. The Balaban J connectivity index is 1.81. The Morgan fingerprint density at radius 1 is 0.375 bits per heavy atom. The van der Waals surface area contributed by atoms with Crippen LogP contribution < -0.4 is 0 Å². The highest BCUT2D eigenvalue weighted by molar-refractivity contribution is 6.10. The molecule has 188 valence electrons. The minimum Gasteiger partial charge on any atom is -0.204 e. The Labute approximate surface area is 232 Å². The van der Waals surface area contributed by atoms with Crippen molar-refractivity contribution < 1.29 is 8.78 Å². The van der Waals surface area contributed by atoms with E-state index in [1.165, 1.54) is 12.1 Å². The fraction of sp³-hybridized carbons (Fsp3) is 0. The summed E-state index contributed by atoms with van der Waals surface area (Å²) in [6.07, 6.45) is 0. The highest BCUT2D eigenvalue weighted by Crippen LogP contribution is 2.42. The van der Waals surface area contributed by atoms with E-state index in [0.29, 0.717) is 21.9 Å². The third-order valence-corrected chi connectivity index (χ3v) is 6.69. The van der Waals surface area contributed by atoms with Crippen LogP contribution in [0.4, 0.5) is 8.78 Å². The van der Waals surface area contributed by atoms with Gasteiger partial charge < -0.3 is 0 Å². The van der Waals surface area contributed by atoms with Gasteiger partial charge in [0, 0.05) is 33.4 Å². The SMILES string of the molecule is Fc1cc2c(-c3ccccc3)c(C#Cc3ccccc3)c(C#Cc3ccccc3)c(-c3ccccc3)c2cc1F. The summed E-state index contributed by atoms with van der Waals surface area (Å²) in [5.41, 5.74) is 6.14. The molecule has 0 aliphatic rings. The van der Waals surface area contributed by atoms with Gasteiger partial charge in [-0.2, -0.15) is 0 Å². The Kier molecular flexibility index (Phi) is 6.92. The molecule has 0 nitrogen and oxygen atoms in total. The molecule has 0 aliphatic carbocycles. The van der Waals surface area contributed by atoms with Crippen LogP contribution in [0.15, 0.2) is 133 Å². The van der Waals surface area contributed by atoms with Crippen molar-refractivity contribution in [1.82, 2.24) is 0 Å². The molecule has 0 heterocycles. The zero-order valence-corrected chi connectivity index (χ0v) is 21.5. The molecule has 0 spiro atoms. The summed E-state index contributed by atoms with van der Waals surface area (Å²) in [6.45, 7) is 0. The van der Waals surface area contributed by atoms with Crippen molar-refractivity contribution in [3.63, 3.8) is 0 Å². The number of fused-ring (bicyclic) bond motifs is 1. The van der Waals surface area contributed by atoms with E-state index in [1.807, 2.05) is 121 Å². The number of benzene rings is 6. The molecular weight excluding hydrogens is 494 g/mol. The van der Waals surface area contributed by atoms with Gasteiger partial charge in [-0.25, -0.2) is 8.78 Å². The maximum atomic E-state index is 14.9. The van der Waals surface area contributed by atoms with E-state index in [9.17, 15) is 8.78 Å². The fourth-order valence-corrected chi connectivity index (χ4v) is 4.85. The molecule has 0 aromatic heterocycles. The van der Waals surface area contributed by atoms with E-state index in [0.717, 1.165) is 33.4 Å². The first-order valence-electron chi connectivity index (χ1n) is 12.9. The van der Waals surface area contributed by atoms with Gasteiger partial charge in [0.2, 0.25) is 0 Å². The number of halogens is 2. The maximum absolute atomic E-state index is 14.9. The average Bonchev–Trinajstić information content (AvgIpc) is 3.01. The molecule has 0 bridgehead atoms. The lowest BCUT2D eigenvalue weighted by Gasteiger charge is -2.18. The van der Waals surface area contributed by atoms with Gasteiger partial charge >= 0.3 is 0 Å². The van der Waals surface area contributed by atoms with Crippen LogP contribution >= 0.6 is 0 Å². The largest absolute Gasteiger partial charge is 0.204 e. The first-order chi connectivity index (χ1) is 19.7. The monoisotopic (exact) mass is 516 g/mol. The smallest absolute Gasteiger partial charge is 0.159 e. The van der Waals surface area contributed by atoms with Gasteiger partial charge in [0.25, 0.3) is 0 Å². The van der Waals surface area contributed by atoms with Crippen molar-refractivity contribution in [2.75, 3.05) is 0 Å². The van der Waals surface area contributed by atoms with E-state index >= 15 is 0 Å². The normalized spacial score (nSPS) is 10.3. The lowest BCUT2D eigenvalue weighted by atomic mass is 9.83. The second-order valence-corrected chi connectivity index (χ2v) is 9.28. The topological polar surface area (TPSA) is 0 Å². The van der Waals surface area contributed by atoms with E-state index in [1.54, 1.807) is 0 Å². The molecule has 6 aromatic carbocycles. The summed E-state index contributed by atoms with van der Waals surface area (Å²) in [4.78, 5) is 0. The quantitative estimate of drug-likeness (QED) is 0.201. The molecule has 6 rings (SSSR count). The molecular formula is C38H22F2. The van der Waals surface area contributed by atoms with Crippen molar-refractivity contribution in [3.8, 4) is 45.9 Å². The molecule has 6 aromatic rings. The highest BCUT2D eigenvalue weighted by Gasteiger charge is 2.22. The van der Waals surface area contributed by atoms with E-state index in [-0.39, 0.29) is 0 Å². The summed E-state index contributed by atoms with van der Waals surface area (Å²) < 4.78 is 29.8. The van der Waals surface area contributed by atoms with Crippen LogP contribution in [0.2, 0.25) is 0 Å². The van der Waals surface area contributed by atoms with Crippen LogP contribution in [0, 0.1) is 35.3 Å². The molecule has 0 unspecified atom stereocenters. The highest BCUT2D eigenvalue weighted by atomic mass is 19.2. The molecule has 0 saturated carbocycles. The van der Waals surface area contributed by atoms with Crippen LogP contribution in [-0.4, -0.2) is 0 Å². The van der Waals surface area contributed by atoms with Crippen LogP contribution in [0.3, 0.4) is 0 Å². The first-order valence-corrected chi connectivity index (χ1v) is 12.9. The van der Waals surface area contributed by atoms with Crippen LogP contribution in [0.25, 0.3) is 33.0 Å². The van der Waals surface area contributed by atoms with E-state index < -0.39 is 11.6 Å². The Morgan fingerprint density at radius 3 is 1.05 bits per heavy atom. The summed E-state index contributed by atoms with van der Waals surface area (Å²) in [5, 5.41) is 1.15. The van der Waals surface area contributed by atoms with Crippen LogP contribution in [-0.2, 0) is 0 Å². The van der Waals surface area contributed by atoms with Gasteiger partial charge in [0.15, 0.2) is 11.6 Å². The second kappa shape index (κ2) is 11.1. The molecule has 0 amide bonds. The zero-order valence-electron chi connectivity index (χ0n) is 21.5. The summed E-state index contributed by atoms with van der Waals surface area (Å²) in [5.74, 6) is 11.6. The van der Waals surface area contributed by atoms with E-state index in [2.05, 4.69) is 23.7 Å². The van der Waals surface area contributed by atoms with Crippen molar-refractivity contribution in [2.24, 2.45) is 0 Å². The molecule has 0 fully saturated rings. The van der Waals surface area contributed by atoms with E-state index in [4.69, 9.17) is 0 Å². The predicted molar refractivity (Wildman–Crippen MR) is 160 cm³/mol. The molecule has 0 N–H and O–H groups in total. The van der Waals surface area contributed by atoms with Gasteiger partial charge in [-0.15, -0.1) is 0 Å². The number of hydrogen-bond donors (Lipinski definition) is 0. The molecule has 0 aliphatic heterocycles. The molecule has 0 saturated heterocycles. The van der Waals surface area contributed by atoms with Gasteiger partial charge in [-0.1, -0.05) is 121 Å². The lowest BCUT2D eigenvalue weighted by molar-refractivity contribution is 0.511. The minimum atomic E-state index is -0.909. The number of hydrogen-bond acceptors (Lipinski definition) is 0. The average molecular weight is 517 g/mol. The minimum absolute atomic E-state index is 0.576. The molecule has 2 heteroatoms. The Hall–Kier alpha value is -5.44. The summed E-state index contributed by atoms with van der Waals surface area (Å²) in [7, 11) is 0. The molecule has 0 atom stereocenters. The van der Waals surface area contributed by atoms with Crippen molar-refractivity contribution in [1.29, 1.82) is 0 Å².